The average Bonchev–Trinajstić information content (AvgIpc) is 3.09. The Morgan fingerprint density at radius 2 is 2.14 bits per heavy atom. The molecule has 6 nitrogen and oxygen atoms in total. The van der Waals surface area contributed by atoms with Crippen LogP contribution in [0.1, 0.15) is 36.0 Å². The average molecular weight is 287 g/mol. The van der Waals surface area contributed by atoms with E-state index in [0.717, 1.165) is 25.8 Å². The highest BCUT2D eigenvalue weighted by molar-refractivity contribution is 5.97. The molecule has 2 aromatic rings. The van der Waals surface area contributed by atoms with Gasteiger partial charge in [0.2, 0.25) is 0 Å². The Bertz CT molecular complexity index is 684. The number of nitrogens with zero attached hydrogens (tertiary/aromatic N) is 3. The molecule has 6 heteroatoms. The van der Waals surface area contributed by atoms with Crippen molar-refractivity contribution < 1.29 is 14.5 Å². The fraction of sp³-hybridized carbons (Fsp3) is 0.533. The van der Waals surface area contributed by atoms with Crippen molar-refractivity contribution in [1.82, 2.24) is 15.2 Å². The molecule has 1 saturated carbocycles. The van der Waals surface area contributed by atoms with Crippen LogP contribution in [0.4, 0.5) is 0 Å². The minimum atomic E-state index is -0.268. The van der Waals surface area contributed by atoms with Gasteiger partial charge in [0.15, 0.2) is 0 Å². The number of likely N-dealkylation sites (tertiary alicyclic amines) is 1. The number of rotatable bonds is 1. The third-order valence-corrected chi connectivity index (χ3v) is 4.77. The summed E-state index contributed by atoms with van der Waals surface area (Å²) in [5, 5.41) is 17.4. The van der Waals surface area contributed by atoms with Gasteiger partial charge in [0.25, 0.3) is 5.91 Å². The van der Waals surface area contributed by atoms with Crippen LogP contribution in [0.2, 0.25) is 0 Å². The van der Waals surface area contributed by atoms with Crippen LogP contribution in [0.3, 0.4) is 0 Å². The Kier molecular flexibility index (Phi) is 2.92. The van der Waals surface area contributed by atoms with Crippen molar-refractivity contribution in [3.63, 3.8) is 0 Å². The van der Waals surface area contributed by atoms with Gasteiger partial charge in [-0.2, -0.15) is 0 Å². The van der Waals surface area contributed by atoms with E-state index in [4.69, 9.17) is 0 Å². The van der Waals surface area contributed by atoms with Crippen LogP contribution < -0.4 is 0 Å². The van der Waals surface area contributed by atoms with Crippen LogP contribution in [-0.2, 0) is 0 Å². The maximum atomic E-state index is 12.8. The van der Waals surface area contributed by atoms with Crippen molar-refractivity contribution in [2.45, 2.75) is 37.8 Å². The lowest BCUT2D eigenvalue weighted by atomic mass is 9.91. The zero-order valence-electron chi connectivity index (χ0n) is 11.6. The van der Waals surface area contributed by atoms with Gasteiger partial charge in [0.1, 0.15) is 11.0 Å². The van der Waals surface area contributed by atoms with Gasteiger partial charge in [-0.05, 0) is 60.1 Å². The first-order chi connectivity index (χ1) is 10.2. The summed E-state index contributed by atoms with van der Waals surface area (Å²) in [6.45, 7) is 0.766. The molecular formula is C15H17N3O3. The molecule has 2 heterocycles. The van der Waals surface area contributed by atoms with E-state index in [-0.39, 0.29) is 18.1 Å². The van der Waals surface area contributed by atoms with Crippen LogP contribution in [-0.4, -0.2) is 44.9 Å². The first kappa shape index (κ1) is 12.8. The van der Waals surface area contributed by atoms with Gasteiger partial charge in [-0.3, -0.25) is 4.79 Å². The third kappa shape index (κ3) is 2.10. The highest BCUT2D eigenvalue weighted by Crippen LogP contribution is 2.37. The Hall–Kier alpha value is -1.95. The van der Waals surface area contributed by atoms with Crippen molar-refractivity contribution in [1.29, 1.82) is 0 Å². The normalized spacial score (nSPS) is 28.8. The maximum absolute atomic E-state index is 12.8. The van der Waals surface area contributed by atoms with Gasteiger partial charge in [-0.25, -0.2) is 4.63 Å². The monoisotopic (exact) mass is 287 g/mol. The molecule has 3 atom stereocenters. The first-order valence-electron chi connectivity index (χ1n) is 7.44. The third-order valence-electron chi connectivity index (χ3n) is 4.77. The second-order valence-electron chi connectivity index (χ2n) is 6.06. The van der Waals surface area contributed by atoms with Crippen LogP contribution >= 0.6 is 0 Å². The standard InChI is InChI=1S/C15H17N3O3/c19-11-6-9-2-1-5-18(14(9)8-11)15(20)10-3-4-12-13(7-10)17-21-16-12/h3-4,7,9,11,14,19H,1-2,5-6,8H2. The van der Waals surface area contributed by atoms with Crippen LogP contribution in [0.25, 0.3) is 11.0 Å². The fourth-order valence-corrected chi connectivity index (χ4v) is 3.79. The second-order valence-corrected chi connectivity index (χ2v) is 6.06. The molecule has 1 aliphatic heterocycles. The number of aliphatic hydroxyl groups is 1. The zero-order chi connectivity index (χ0) is 14.4. The van der Waals surface area contributed by atoms with E-state index < -0.39 is 0 Å². The van der Waals surface area contributed by atoms with Crippen LogP contribution in [0, 0.1) is 5.92 Å². The molecule has 3 unspecified atom stereocenters. The Morgan fingerprint density at radius 3 is 3.05 bits per heavy atom. The lowest BCUT2D eigenvalue weighted by Gasteiger charge is -2.37. The number of carbonyl (C=O) groups excluding carboxylic acids is 1. The summed E-state index contributed by atoms with van der Waals surface area (Å²) in [5.41, 5.74) is 1.86. The van der Waals surface area contributed by atoms with Gasteiger partial charge in [-0.1, -0.05) is 0 Å². The topological polar surface area (TPSA) is 79.5 Å². The molecule has 0 radical (unpaired) electrons. The number of aliphatic hydroxyl groups excluding tert-OH is 1. The lowest BCUT2D eigenvalue weighted by Crippen LogP contribution is -2.46. The molecule has 1 amide bonds. The summed E-state index contributed by atoms with van der Waals surface area (Å²) < 4.78 is 4.67. The Morgan fingerprint density at radius 1 is 1.29 bits per heavy atom. The number of aromatic nitrogens is 2. The number of hydrogen-bond acceptors (Lipinski definition) is 5. The molecule has 1 aliphatic carbocycles. The maximum Gasteiger partial charge on any atom is 0.254 e. The minimum Gasteiger partial charge on any atom is -0.393 e. The molecule has 0 bridgehead atoms. The molecular weight excluding hydrogens is 270 g/mol. The molecule has 21 heavy (non-hydrogen) atoms. The number of carbonyl (C=O) groups is 1. The van der Waals surface area contributed by atoms with Gasteiger partial charge < -0.3 is 10.0 Å². The van der Waals surface area contributed by atoms with E-state index in [1.165, 1.54) is 0 Å². The van der Waals surface area contributed by atoms with Crippen molar-refractivity contribution in [3.05, 3.63) is 23.8 Å². The van der Waals surface area contributed by atoms with E-state index in [9.17, 15) is 9.90 Å². The molecule has 110 valence electrons. The Labute approximate surface area is 121 Å². The summed E-state index contributed by atoms with van der Waals surface area (Å²) in [5.74, 6) is 0.457. The number of fused-ring (bicyclic) bond motifs is 2. The fourth-order valence-electron chi connectivity index (χ4n) is 3.79. The second kappa shape index (κ2) is 4.80. The van der Waals surface area contributed by atoms with E-state index >= 15 is 0 Å². The quantitative estimate of drug-likeness (QED) is 0.861. The summed E-state index contributed by atoms with van der Waals surface area (Å²) >= 11 is 0. The minimum absolute atomic E-state index is 0.0173. The molecule has 4 rings (SSSR count). The van der Waals surface area contributed by atoms with Crippen molar-refractivity contribution >= 4 is 16.9 Å². The lowest BCUT2D eigenvalue weighted by molar-refractivity contribution is 0.0543. The number of benzene rings is 1. The first-order valence-corrected chi connectivity index (χ1v) is 7.44. The van der Waals surface area contributed by atoms with E-state index in [2.05, 4.69) is 14.9 Å². The smallest absolute Gasteiger partial charge is 0.254 e. The molecule has 1 aromatic carbocycles. The molecule has 2 aliphatic rings. The summed E-state index contributed by atoms with van der Waals surface area (Å²) in [7, 11) is 0. The molecule has 0 spiro atoms. The van der Waals surface area contributed by atoms with E-state index in [1.54, 1.807) is 18.2 Å². The number of hydrogen-bond donors (Lipinski definition) is 1. The number of amides is 1. The molecule has 1 aromatic heterocycles. The predicted molar refractivity (Wildman–Crippen MR) is 74.6 cm³/mol. The van der Waals surface area contributed by atoms with Crippen LogP contribution in [0.15, 0.2) is 22.8 Å². The SMILES string of the molecule is O=C(c1ccc2nonc2c1)N1CCCC2CC(O)CC21. The summed E-state index contributed by atoms with van der Waals surface area (Å²) in [4.78, 5) is 14.7. The molecule has 1 saturated heterocycles. The highest BCUT2D eigenvalue weighted by Gasteiger charge is 2.41. The van der Waals surface area contributed by atoms with E-state index in [0.29, 0.717) is 28.9 Å². The van der Waals surface area contributed by atoms with Crippen molar-refractivity contribution in [2.75, 3.05) is 6.54 Å². The zero-order valence-corrected chi connectivity index (χ0v) is 11.6. The number of piperidine rings is 1. The largest absolute Gasteiger partial charge is 0.393 e. The van der Waals surface area contributed by atoms with Gasteiger partial charge in [-0.15, -0.1) is 0 Å². The summed E-state index contributed by atoms with van der Waals surface area (Å²) in [6, 6.07) is 5.42. The van der Waals surface area contributed by atoms with Gasteiger partial charge in [0.05, 0.1) is 6.10 Å². The Balaban J connectivity index is 1.63. The predicted octanol–water partition coefficient (Wildman–Crippen LogP) is 1.60. The van der Waals surface area contributed by atoms with Crippen molar-refractivity contribution in [2.24, 2.45) is 5.92 Å². The molecule has 2 fully saturated rings. The highest BCUT2D eigenvalue weighted by atomic mass is 16.6. The van der Waals surface area contributed by atoms with Gasteiger partial charge in [0, 0.05) is 18.2 Å². The summed E-state index contributed by atoms with van der Waals surface area (Å²) in [6.07, 6.45) is 3.37. The van der Waals surface area contributed by atoms with Crippen molar-refractivity contribution in [3.8, 4) is 0 Å². The van der Waals surface area contributed by atoms with Gasteiger partial charge >= 0.3 is 0 Å². The van der Waals surface area contributed by atoms with Crippen LogP contribution in [0.5, 0.6) is 0 Å². The molecule has 1 N–H and O–H groups in total. The van der Waals surface area contributed by atoms with E-state index in [1.807, 2.05) is 4.90 Å².